The standard InChI is InChI=1S/2C4H10O.2C4H9.O.Ti/c2*1-4(2,3)5;2*1-4(2)3;;/h2*5H,1-3H3;2*1-3H3;;/q;;2*-1;;+2. The van der Waals surface area contributed by atoms with Crippen LogP contribution in [0.1, 0.15) is 83.1 Å². The third kappa shape index (κ3) is 29700. The first-order valence-corrected chi connectivity index (χ1v) is 7.29. The average molecular weight is 326 g/mol. The van der Waals surface area contributed by atoms with Crippen molar-refractivity contribution in [1.82, 2.24) is 0 Å². The van der Waals surface area contributed by atoms with E-state index in [0.717, 1.165) is 20.4 Å². The Kier molecular flexibility index (Phi) is 31.5. The molecule has 20 heavy (non-hydrogen) atoms. The zero-order chi connectivity index (χ0) is 18.2. The van der Waals surface area contributed by atoms with E-state index in [1.807, 2.05) is 0 Å². The second kappa shape index (κ2) is 19.4. The molecule has 0 aromatic rings. The molecule has 0 saturated heterocycles. The van der Waals surface area contributed by atoms with Crippen molar-refractivity contribution in [2.45, 2.75) is 94.3 Å². The van der Waals surface area contributed by atoms with E-state index in [-0.39, 0.29) is 0 Å². The monoisotopic (exact) mass is 326 g/mol. The second-order valence-corrected chi connectivity index (χ2v) is 7.34. The predicted molar refractivity (Wildman–Crippen MR) is 85.2 cm³/mol. The molecule has 4 heteroatoms. The van der Waals surface area contributed by atoms with Gasteiger partial charge in [0.15, 0.2) is 0 Å². The summed E-state index contributed by atoms with van der Waals surface area (Å²) in [7, 11) is 0. The fraction of sp³-hybridized carbons (Fsp3) is 0.875. The quantitative estimate of drug-likeness (QED) is 0.502. The zero-order valence-corrected chi connectivity index (χ0v) is 17.4. The zero-order valence-electron chi connectivity index (χ0n) is 15.8. The number of hydrogen-bond acceptors (Lipinski definition) is 3. The number of rotatable bonds is 0. The summed E-state index contributed by atoms with van der Waals surface area (Å²) in [5, 5.41) is 17.0. The van der Waals surface area contributed by atoms with Gasteiger partial charge >= 0.3 is 23.7 Å². The normalized spacial score (nSPS) is 9.90. The van der Waals surface area contributed by atoms with Crippen LogP contribution < -0.4 is 0 Å². The van der Waals surface area contributed by atoms with Crippen molar-refractivity contribution in [1.29, 1.82) is 0 Å². The Balaban J connectivity index is -0.0000000482. The van der Waals surface area contributed by atoms with E-state index in [1.165, 1.54) is 11.8 Å². The van der Waals surface area contributed by atoms with Gasteiger partial charge in [-0.2, -0.15) is 41.5 Å². The molecule has 0 heterocycles. The van der Waals surface area contributed by atoms with Crippen LogP contribution in [-0.4, -0.2) is 21.4 Å². The Hall–Kier alpha value is 0.434. The molecule has 2 N–H and O–H groups in total. The molecule has 0 saturated carbocycles. The molecular formula is C16H38O3Ti. The van der Waals surface area contributed by atoms with Crippen LogP contribution in [0.5, 0.6) is 0 Å². The second-order valence-electron chi connectivity index (χ2n) is 7.34. The van der Waals surface area contributed by atoms with E-state index in [0.29, 0.717) is 0 Å². The molecule has 0 rings (SSSR count). The summed E-state index contributed by atoms with van der Waals surface area (Å²) in [4.78, 5) is 0. The average Bonchev–Trinajstić information content (AvgIpc) is 1.96. The van der Waals surface area contributed by atoms with Gasteiger partial charge in [0.2, 0.25) is 0 Å². The van der Waals surface area contributed by atoms with Crippen LogP contribution in [0.2, 0.25) is 0 Å². The van der Waals surface area contributed by atoms with Gasteiger partial charge in [-0.15, -0.1) is 0 Å². The summed E-state index contributed by atoms with van der Waals surface area (Å²) in [6.45, 7) is 23.0. The number of aliphatic hydroxyl groups is 2. The number of hydrogen-bond donors (Lipinski definition) is 2. The summed E-state index contributed by atoms with van der Waals surface area (Å²) < 4.78 is 8.25. The minimum absolute atomic E-state index is 0.500. The molecule has 0 radical (unpaired) electrons. The fourth-order valence-corrected chi connectivity index (χ4v) is 0. The Morgan fingerprint density at radius 2 is 0.600 bits per heavy atom. The Morgan fingerprint density at radius 3 is 0.600 bits per heavy atom. The van der Waals surface area contributed by atoms with Crippen LogP contribution in [0.3, 0.4) is 0 Å². The van der Waals surface area contributed by atoms with Gasteiger partial charge in [-0.3, -0.25) is 0 Å². The first-order valence-electron chi connectivity index (χ1n) is 6.65. The van der Waals surface area contributed by atoms with E-state index < -0.39 is 11.2 Å². The fourth-order valence-electron chi connectivity index (χ4n) is 0. The summed E-state index contributed by atoms with van der Waals surface area (Å²) >= 11 is 0.750. The molecule has 0 bridgehead atoms. The van der Waals surface area contributed by atoms with Crippen molar-refractivity contribution in [2.75, 3.05) is 0 Å². The molecule has 124 valence electrons. The third-order valence-corrected chi connectivity index (χ3v) is 0. The van der Waals surface area contributed by atoms with Gasteiger partial charge in [0.1, 0.15) is 0 Å². The molecule has 0 aliphatic heterocycles. The van der Waals surface area contributed by atoms with E-state index in [1.54, 1.807) is 41.5 Å². The van der Waals surface area contributed by atoms with E-state index in [2.05, 4.69) is 41.5 Å². The molecular weight excluding hydrogens is 288 g/mol. The first-order chi connectivity index (χ1) is 8.46. The van der Waals surface area contributed by atoms with Crippen LogP contribution in [0.15, 0.2) is 0 Å². The van der Waals surface area contributed by atoms with Crippen LogP contribution in [0.4, 0.5) is 0 Å². The summed E-state index contributed by atoms with van der Waals surface area (Å²) in [6, 6.07) is 0. The summed E-state index contributed by atoms with van der Waals surface area (Å²) in [5.41, 5.74) is -1.00. The minimum atomic E-state index is -0.500. The molecule has 0 aliphatic rings. The van der Waals surface area contributed by atoms with Crippen molar-refractivity contribution >= 4 is 0 Å². The molecule has 0 unspecified atom stereocenters. The van der Waals surface area contributed by atoms with E-state index in [9.17, 15) is 0 Å². The maximum atomic E-state index is 8.52. The molecule has 0 aromatic carbocycles. The molecule has 0 fully saturated rings. The molecule has 3 nitrogen and oxygen atoms in total. The van der Waals surface area contributed by atoms with Gasteiger partial charge in [-0.1, -0.05) is 0 Å². The topological polar surface area (TPSA) is 57.5 Å². The van der Waals surface area contributed by atoms with Gasteiger partial charge in [-0.05, 0) is 41.5 Å². The van der Waals surface area contributed by atoms with Gasteiger partial charge in [-0.25, -0.2) is 0 Å². The van der Waals surface area contributed by atoms with Crippen molar-refractivity contribution < 1.29 is 33.9 Å². The van der Waals surface area contributed by atoms with Crippen LogP contribution in [-0.2, 0) is 23.7 Å². The third-order valence-electron chi connectivity index (χ3n) is 0. The first kappa shape index (κ1) is 32.4. The maximum absolute atomic E-state index is 8.52. The van der Waals surface area contributed by atoms with E-state index in [4.69, 9.17) is 13.5 Å². The van der Waals surface area contributed by atoms with Crippen LogP contribution >= 0.6 is 0 Å². The van der Waals surface area contributed by atoms with Crippen molar-refractivity contribution in [3.05, 3.63) is 11.8 Å². The van der Waals surface area contributed by atoms with Gasteiger partial charge in [0, 0.05) is 0 Å². The van der Waals surface area contributed by atoms with Gasteiger partial charge in [0.25, 0.3) is 0 Å². The van der Waals surface area contributed by atoms with Crippen LogP contribution in [0, 0.1) is 11.8 Å². The van der Waals surface area contributed by atoms with Gasteiger partial charge < -0.3 is 22.0 Å². The molecule has 0 amide bonds. The Morgan fingerprint density at radius 1 is 0.600 bits per heavy atom. The molecule has 0 atom stereocenters. The van der Waals surface area contributed by atoms with E-state index >= 15 is 0 Å². The molecule has 0 spiro atoms. The summed E-state index contributed by atoms with van der Waals surface area (Å²) in [5.74, 6) is 2.83. The molecule has 0 aliphatic carbocycles. The Bertz CT molecular complexity index is 121. The summed E-state index contributed by atoms with van der Waals surface area (Å²) in [6.07, 6.45) is 0. The SMILES string of the molecule is CC(C)(C)O.CC(C)(C)O.C[C-](C)C.C[C-](C)C.[O]=[Ti+2]. The van der Waals surface area contributed by atoms with Gasteiger partial charge in [0.05, 0.1) is 11.2 Å². The Labute approximate surface area is 140 Å². The van der Waals surface area contributed by atoms with Crippen molar-refractivity contribution in [3.63, 3.8) is 0 Å². The van der Waals surface area contributed by atoms with Crippen LogP contribution in [0.25, 0.3) is 0 Å². The predicted octanol–water partition coefficient (Wildman–Crippen LogP) is 4.67. The van der Waals surface area contributed by atoms with Crippen molar-refractivity contribution in [3.8, 4) is 0 Å². The molecule has 0 aromatic heterocycles. The van der Waals surface area contributed by atoms with Crippen molar-refractivity contribution in [2.24, 2.45) is 0 Å².